The van der Waals surface area contributed by atoms with Crippen molar-refractivity contribution in [1.82, 2.24) is 0 Å². The molecule has 0 aliphatic rings. The maximum atomic E-state index is 12.9. The lowest BCUT2D eigenvalue weighted by Crippen LogP contribution is -2.33. The molecule has 2 nitrogen and oxygen atoms in total. The van der Waals surface area contributed by atoms with E-state index in [0.29, 0.717) is 12.0 Å². The van der Waals surface area contributed by atoms with Gasteiger partial charge in [0.25, 0.3) is 0 Å². The number of carbonyl (C=O) groups is 1. The fourth-order valence-electron chi connectivity index (χ4n) is 1.45. The highest BCUT2D eigenvalue weighted by atomic mass is 19.1. The molecule has 1 aromatic carbocycles. The van der Waals surface area contributed by atoms with Crippen molar-refractivity contribution in [3.05, 3.63) is 47.3 Å². The van der Waals surface area contributed by atoms with Gasteiger partial charge in [0.05, 0.1) is 6.04 Å². The Bertz CT molecular complexity index is 412. The number of rotatable bonds is 4. The average molecular weight is 221 g/mol. The second-order valence-corrected chi connectivity index (χ2v) is 3.78. The highest BCUT2D eigenvalue weighted by molar-refractivity contribution is 5.98. The SMILES string of the molecule is C/C=C(/C)C(=O)[C@@H](N)Cc1cccc(F)c1. The molecule has 0 fully saturated rings. The van der Waals surface area contributed by atoms with Crippen molar-refractivity contribution in [1.29, 1.82) is 0 Å². The molecule has 0 heterocycles. The lowest BCUT2D eigenvalue weighted by Gasteiger charge is -2.10. The number of hydrogen-bond donors (Lipinski definition) is 1. The number of carbonyl (C=O) groups excluding carboxylic acids is 1. The monoisotopic (exact) mass is 221 g/mol. The first kappa shape index (κ1) is 12.6. The molecule has 0 spiro atoms. The molecule has 86 valence electrons. The topological polar surface area (TPSA) is 43.1 Å². The second kappa shape index (κ2) is 5.56. The molecule has 1 rings (SSSR count). The first-order chi connectivity index (χ1) is 7.54. The van der Waals surface area contributed by atoms with E-state index in [1.54, 1.807) is 32.1 Å². The van der Waals surface area contributed by atoms with Crippen molar-refractivity contribution in [3.8, 4) is 0 Å². The van der Waals surface area contributed by atoms with E-state index in [2.05, 4.69) is 0 Å². The summed E-state index contributed by atoms with van der Waals surface area (Å²) in [6.45, 7) is 3.52. The molecule has 16 heavy (non-hydrogen) atoms. The van der Waals surface area contributed by atoms with Crippen LogP contribution in [0, 0.1) is 5.82 Å². The quantitative estimate of drug-likeness (QED) is 0.792. The van der Waals surface area contributed by atoms with Gasteiger partial charge in [-0.25, -0.2) is 4.39 Å². The molecule has 1 aromatic rings. The third-order valence-corrected chi connectivity index (χ3v) is 2.50. The van der Waals surface area contributed by atoms with Crippen molar-refractivity contribution < 1.29 is 9.18 Å². The maximum Gasteiger partial charge on any atom is 0.175 e. The number of allylic oxidation sites excluding steroid dienone is 1. The molecular weight excluding hydrogens is 205 g/mol. The molecule has 0 amide bonds. The standard InChI is InChI=1S/C13H16FNO/c1-3-9(2)13(16)12(15)8-10-5-4-6-11(14)7-10/h3-7,12H,8,15H2,1-2H3/b9-3-/t12-/m0/s1. The van der Waals surface area contributed by atoms with Crippen molar-refractivity contribution in [3.63, 3.8) is 0 Å². The maximum absolute atomic E-state index is 12.9. The molecule has 2 N–H and O–H groups in total. The fraction of sp³-hybridized carbons (Fsp3) is 0.308. The van der Waals surface area contributed by atoms with Gasteiger partial charge in [0, 0.05) is 0 Å². The van der Waals surface area contributed by atoms with Crippen LogP contribution >= 0.6 is 0 Å². The van der Waals surface area contributed by atoms with Crippen LogP contribution in [0.3, 0.4) is 0 Å². The van der Waals surface area contributed by atoms with Gasteiger partial charge in [0.15, 0.2) is 5.78 Å². The molecule has 0 unspecified atom stereocenters. The van der Waals surface area contributed by atoms with E-state index in [1.807, 2.05) is 0 Å². The Labute approximate surface area is 95.0 Å². The second-order valence-electron chi connectivity index (χ2n) is 3.78. The Hall–Kier alpha value is -1.48. The molecule has 3 heteroatoms. The normalized spacial score (nSPS) is 13.6. The summed E-state index contributed by atoms with van der Waals surface area (Å²) in [7, 11) is 0. The van der Waals surface area contributed by atoms with Crippen molar-refractivity contribution in [2.75, 3.05) is 0 Å². The largest absolute Gasteiger partial charge is 0.321 e. The van der Waals surface area contributed by atoms with Crippen molar-refractivity contribution in [2.24, 2.45) is 5.73 Å². The minimum absolute atomic E-state index is 0.0910. The van der Waals surface area contributed by atoms with Crippen molar-refractivity contribution >= 4 is 5.78 Å². The average Bonchev–Trinajstić information content (AvgIpc) is 2.27. The summed E-state index contributed by atoms with van der Waals surface area (Å²) in [4.78, 5) is 11.7. The van der Waals surface area contributed by atoms with Gasteiger partial charge in [-0.2, -0.15) is 0 Å². The van der Waals surface area contributed by atoms with Gasteiger partial charge in [-0.3, -0.25) is 4.79 Å². The molecule has 0 aliphatic carbocycles. The van der Waals surface area contributed by atoms with Crippen LogP contribution in [0.2, 0.25) is 0 Å². The van der Waals surface area contributed by atoms with Gasteiger partial charge in [0.2, 0.25) is 0 Å². The highest BCUT2D eigenvalue weighted by Crippen LogP contribution is 2.08. The number of hydrogen-bond acceptors (Lipinski definition) is 2. The third-order valence-electron chi connectivity index (χ3n) is 2.50. The van der Waals surface area contributed by atoms with Crippen LogP contribution in [0.4, 0.5) is 4.39 Å². The van der Waals surface area contributed by atoms with Crippen LogP contribution in [0.1, 0.15) is 19.4 Å². The molecule has 0 saturated carbocycles. The first-order valence-corrected chi connectivity index (χ1v) is 5.21. The predicted molar refractivity (Wildman–Crippen MR) is 62.5 cm³/mol. The Balaban J connectivity index is 2.71. The molecule has 0 bridgehead atoms. The molecular formula is C13H16FNO. The molecule has 1 atom stereocenters. The molecule has 0 saturated heterocycles. The minimum atomic E-state index is -0.599. The zero-order chi connectivity index (χ0) is 12.1. The lowest BCUT2D eigenvalue weighted by atomic mass is 9.99. The molecule has 0 radical (unpaired) electrons. The van der Waals surface area contributed by atoms with E-state index >= 15 is 0 Å². The van der Waals surface area contributed by atoms with E-state index in [-0.39, 0.29) is 11.6 Å². The van der Waals surface area contributed by atoms with E-state index in [1.165, 1.54) is 12.1 Å². The Kier molecular flexibility index (Phi) is 4.38. The summed E-state index contributed by atoms with van der Waals surface area (Å²) in [6.07, 6.45) is 2.09. The summed E-state index contributed by atoms with van der Waals surface area (Å²) >= 11 is 0. The van der Waals surface area contributed by atoms with Crippen LogP contribution in [-0.2, 0) is 11.2 Å². The summed E-state index contributed by atoms with van der Waals surface area (Å²) in [5.41, 5.74) is 7.15. The van der Waals surface area contributed by atoms with E-state index < -0.39 is 6.04 Å². The van der Waals surface area contributed by atoms with Gasteiger partial charge in [0.1, 0.15) is 5.82 Å². The van der Waals surface area contributed by atoms with Crippen LogP contribution in [0.25, 0.3) is 0 Å². The zero-order valence-corrected chi connectivity index (χ0v) is 9.53. The van der Waals surface area contributed by atoms with Gasteiger partial charge < -0.3 is 5.73 Å². The highest BCUT2D eigenvalue weighted by Gasteiger charge is 2.15. The van der Waals surface area contributed by atoms with Crippen LogP contribution in [0.15, 0.2) is 35.9 Å². The van der Waals surface area contributed by atoms with Crippen LogP contribution in [0.5, 0.6) is 0 Å². The smallest absolute Gasteiger partial charge is 0.175 e. The fourth-order valence-corrected chi connectivity index (χ4v) is 1.45. The van der Waals surface area contributed by atoms with E-state index in [9.17, 15) is 9.18 Å². The third kappa shape index (κ3) is 3.28. The number of Topliss-reactive ketones (excluding diaryl/α,β-unsaturated/α-hetero) is 1. The Morgan fingerprint density at radius 2 is 2.25 bits per heavy atom. The summed E-state index contributed by atoms with van der Waals surface area (Å²) in [6, 6.07) is 5.55. The zero-order valence-electron chi connectivity index (χ0n) is 9.53. The van der Waals surface area contributed by atoms with Crippen LogP contribution < -0.4 is 5.73 Å². The number of benzene rings is 1. The van der Waals surface area contributed by atoms with Crippen LogP contribution in [-0.4, -0.2) is 11.8 Å². The van der Waals surface area contributed by atoms with Gasteiger partial charge in [-0.1, -0.05) is 18.2 Å². The van der Waals surface area contributed by atoms with Gasteiger partial charge in [-0.15, -0.1) is 0 Å². The number of nitrogens with two attached hydrogens (primary N) is 1. The summed E-state index contributed by atoms with van der Waals surface area (Å²) in [5.74, 6) is -0.397. The lowest BCUT2D eigenvalue weighted by molar-refractivity contribution is -0.116. The first-order valence-electron chi connectivity index (χ1n) is 5.21. The number of ketones is 1. The van der Waals surface area contributed by atoms with E-state index in [4.69, 9.17) is 5.73 Å². The van der Waals surface area contributed by atoms with Gasteiger partial charge in [-0.05, 0) is 43.5 Å². The molecule has 0 aliphatic heterocycles. The predicted octanol–water partition coefficient (Wildman–Crippen LogP) is 2.23. The molecule has 0 aromatic heterocycles. The van der Waals surface area contributed by atoms with Crippen molar-refractivity contribution in [2.45, 2.75) is 26.3 Å². The minimum Gasteiger partial charge on any atom is -0.321 e. The summed E-state index contributed by atoms with van der Waals surface area (Å²) in [5, 5.41) is 0. The Morgan fingerprint density at radius 3 is 2.81 bits per heavy atom. The van der Waals surface area contributed by atoms with Gasteiger partial charge >= 0.3 is 0 Å². The summed E-state index contributed by atoms with van der Waals surface area (Å²) < 4.78 is 12.9. The number of halogens is 1. The Morgan fingerprint density at radius 1 is 1.56 bits per heavy atom. The van der Waals surface area contributed by atoms with E-state index in [0.717, 1.165) is 5.56 Å².